The minimum atomic E-state index is -1.06. The highest BCUT2D eigenvalue weighted by Gasteiger charge is 2.13. The maximum Gasteiger partial charge on any atom is 0.262 e. The summed E-state index contributed by atoms with van der Waals surface area (Å²) in [5.74, 6) is -2.59. The molecule has 0 bridgehead atoms. The summed E-state index contributed by atoms with van der Waals surface area (Å²) in [7, 11) is 0. The van der Waals surface area contributed by atoms with Crippen LogP contribution in [0.3, 0.4) is 0 Å². The van der Waals surface area contributed by atoms with Crippen LogP contribution in [0.15, 0.2) is 52.4 Å². The predicted molar refractivity (Wildman–Crippen MR) is 103 cm³/mol. The van der Waals surface area contributed by atoms with Crippen LogP contribution in [0.1, 0.15) is 6.42 Å². The molecule has 0 radical (unpaired) electrons. The largest absolute Gasteiger partial charge is 0.396 e. The van der Waals surface area contributed by atoms with Gasteiger partial charge in [-0.3, -0.25) is 14.2 Å². The van der Waals surface area contributed by atoms with E-state index in [0.717, 1.165) is 23.9 Å². The Bertz CT molecular complexity index is 1070. The fraction of sp³-hybridized carbons (Fsp3) is 0.211. The van der Waals surface area contributed by atoms with Gasteiger partial charge < -0.3 is 10.4 Å². The lowest BCUT2D eigenvalue weighted by atomic mass is 10.2. The van der Waals surface area contributed by atoms with Gasteiger partial charge in [0, 0.05) is 24.9 Å². The van der Waals surface area contributed by atoms with Crippen molar-refractivity contribution in [1.82, 2.24) is 9.55 Å². The van der Waals surface area contributed by atoms with Crippen LogP contribution in [0.4, 0.5) is 14.5 Å². The first-order valence-electron chi connectivity index (χ1n) is 8.47. The molecule has 146 valence electrons. The maximum atomic E-state index is 13.2. The van der Waals surface area contributed by atoms with Crippen LogP contribution in [0.5, 0.6) is 0 Å². The Kier molecular flexibility index (Phi) is 6.37. The van der Waals surface area contributed by atoms with Crippen molar-refractivity contribution in [3.8, 4) is 0 Å². The molecule has 0 saturated heterocycles. The SMILES string of the molecule is O=C(CSc1nc2ccccc2c(=O)n1CCCO)Nc1ccc(F)c(F)c1. The highest BCUT2D eigenvalue weighted by molar-refractivity contribution is 7.99. The van der Waals surface area contributed by atoms with Crippen LogP contribution in [0.25, 0.3) is 10.9 Å². The van der Waals surface area contributed by atoms with E-state index in [-0.39, 0.29) is 30.2 Å². The van der Waals surface area contributed by atoms with Gasteiger partial charge in [0.25, 0.3) is 5.56 Å². The minimum absolute atomic E-state index is 0.0805. The van der Waals surface area contributed by atoms with Crippen molar-refractivity contribution >= 4 is 34.3 Å². The Morgan fingerprint density at radius 1 is 1.18 bits per heavy atom. The van der Waals surface area contributed by atoms with Gasteiger partial charge in [0.1, 0.15) is 0 Å². The second-order valence-electron chi connectivity index (χ2n) is 5.91. The van der Waals surface area contributed by atoms with Crippen molar-refractivity contribution in [2.24, 2.45) is 0 Å². The zero-order chi connectivity index (χ0) is 20.1. The molecule has 0 aliphatic heterocycles. The number of carbonyl (C=O) groups is 1. The number of nitrogens with one attached hydrogen (secondary N) is 1. The molecule has 0 aliphatic carbocycles. The van der Waals surface area contributed by atoms with Crippen molar-refractivity contribution in [3.05, 3.63) is 64.5 Å². The number of carbonyl (C=O) groups excluding carboxylic acids is 1. The van der Waals surface area contributed by atoms with E-state index in [0.29, 0.717) is 22.5 Å². The van der Waals surface area contributed by atoms with Crippen LogP contribution < -0.4 is 10.9 Å². The first-order chi connectivity index (χ1) is 13.5. The molecule has 2 aromatic carbocycles. The standard InChI is InChI=1S/C19H17F2N3O3S/c20-14-7-6-12(10-15(14)21)22-17(26)11-28-19-23-16-5-2-1-4-13(16)18(27)24(19)8-3-9-25/h1-2,4-7,10,25H,3,8-9,11H2,(H,22,26). The second kappa shape index (κ2) is 8.94. The van der Waals surface area contributed by atoms with Crippen molar-refractivity contribution in [2.75, 3.05) is 17.7 Å². The molecular formula is C19H17F2N3O3S. The zero-order valence-corrected chi connectivity index (χ0v) is 15.5. The average Bonchev–Trinajstić information content (AvgIpc) is 2.69. The summed E-state index contributed by atoms with van der Waals surface area (Å²) < 4.78 is 27.6. The smallest absolute Gasteiger partial charge is 0.262 e. The van der Waals surface area contributed by atoms with Crippen molar-refractivity contribution in [3.63, 3.8) is 0 Å². The summed E-state index contributed by atoms with van der Waals surface area (Å²) >= 11 is 1.05. The Morgan fingerprint density at radius 3 is 2.71 bits per heavy atom. The number of amides is 1. The van der Waals surface area contributed by atoms with Gasteiger partial charge in [0.05, 0.1) is 16.7 Å². The van der Waals surface area contributed by atoms with E-state index in [1.54, 1.807) is 24.3 Å². The molecule has 1 amide bonds. The van der Waals surface area contributed by atoms with E-state index in [1.807, 2.05) is 0 Å². The zero-order valence-electron chi connectivity index (χ0n) is 14.7. The second-order valence-corrected chi connectivity index (χ2v) is 6.85. The highest BCUT2D eigenvalue weighted by Crippen LogP contribution is 2.19. The van der Waals surface area contributed by atoms with Gasteiger partial charge in [-0.25, -0.2) is 13.8 Å². The normalized spacial score (nSPS) is 11.0. The summed E-state index contributed by atoms with van der Waals surface area (Å²) in [6.45, 7) is 0.181. The van der Waals surface area contributed by atoms with E-state index >= 15 is 0 Å². The molecule has 0 spiro atoms. The highest BCUT2D eigenvalue weighted by atomic mass is 32.2. The number of aliphatic hydroxyl groups excluding tert-OH is 1. The number of para-hydroxylation sites is 1. The van der Waals surface area contributed by atoms with Gasteiger partial charge in [-0.2, -0.15) is 0 Å². The number of aliphatic hydroxyl groups is 1. The molecule has 1 heterocycles. The first-order valence-corrected chi connectivity index (χ1v) is 9.46. The van der Waals surface area contributed by atoms with E-state index < -0.39 is 17.5 Å². The predicted octanol–water partition coefficient (Wildman–Crippen LogP) is 2.79. The molecule has 3 rings (SSSR count). The van der Waals surface area contributed by atoms with Gasteiger partial charge in [0.15, 0.2) is 16.8 Å². The number of anilines is 1. The molecule has 9 heteroatoms. The summed E-state index contributed by atoms with van der Waals surface area (Å²) in [6, 6.07) is 9.95. The van der Waals surface area contributed by atoms with Crippen LogP contribution >= 0.6 is 11.8 Å². The summed E-state index contributed by atoms with van der Waals surface area (Å²) in [5, 5.41) is 12.4. The summed E-state index contributed by atoms with van der Waals surface area (Å²) in [6.07, 6.45) is 0.370. The number of halogens is 2. The van der Waals surface area contributed by atoms with Gasteiger partial charge in [-0.15, -0.1) is 0 Å². The number of rotatable bonds is 7. The fourth-order valence-corrected chi connectivity index (χ4v) is 3.41. The molecule has 0 fully saturated rings. The Hall–Kier alpha value is -2.78. The van der Waals surface area contributed by atoms with Gasteiger partial charge in [-0.05, 0) is 30.7 Å². The van der Waals surface area contributed by atoms with Crippen LogP contribution in [0.2, 0.25) is 0 Å². The van der Waals surface area contributed by atoms with Crippen molar-refractivity contribution in [2.45, 2.75) is 18.1 Å². The molecule has 0 unspecified atom stereocenters. The third-order valence-corrected chi connectivity index (χ3v) is 4.88. The topological polar surface area (TPSA) is 84.2 Å². The third kappa shape index (κ3) is 4.55. The molecule has 0 saturated carbocycles. The Labute approximate surface area is 163 Å². The molecule has 1 aromatic heterocycles. The van der Waals surface area contributed by atoms with Gasteiger partial charge >= 0.3 is 0 Å². The quantitative estimate of drug-likeness (QED) is 0.467. The van der Waals surface area contributed by atoms with Crippen LogP contribution in [0, 0.1) is 11.6 Å². The lowest BCUT2D eigenvalue weighted by Crippen LogP contribution is -2.24. The lowest BCUT2D eigenvalue weighted by Gasteiger charge is -2.12. The molecule has 3 aromatic rings. The fourth-order valence-electron chi connectivity index (χ4n) is 2.58. The molecular weight excluding hydrogens is 388 g/mol. The number of nitrogens with zero attached hydrogens (tertiary/aromatic N) is 2. The van der Waals surface area contributed by atoms with E-state index in [1.165, 1.54) is 10.6 Å². The number of benzene rings is 2. The lowest BCUT2D eigenvalue weighted by molar-refractivity contribution is -0.113. The van der Waals surface area contributed by atoms with E-state index in [9.17, 15) is 18.4 Å². The molecule has 0 aliphatic rings. The minimum Gasteiger partial charge on any atom is -0.396 e. The van der Waals surface area contributed by atoms with E-state index in [2.05, 4.69) is 10.3 Å². The number of hydrogen-bond donors (Lipinski definition) is 2. The Morgan fingerprint density at radius 2 is 1.96 bits per heavy atom. The van der Waals surface area contributed by atoms with Gasteiger partial charge in [0.2, 0.25) is 5.91 Å². The maximum absolute atomic E-state index is 13.2. The van der Waals surface area contributed by atoms with Crippen molar-refractivity contribution < 1.29 is 18.7 Å². The molecule has 0 atom stereocenters. The number of hydrogen-bond acceptors (Lipinski definition) is 5. The van der Waals surface area contributed by atoms with Crippen LogP contribution in [-0.4, -0.2) is 32.9 Å². The summed E-state index contributed by atoms with van der Waals surface area (Å²) in [5.41, 5.74) is 0.396. The summed E-state index contributed by atoms with van der Waals surface area (Å²) in [4.78, 5) is 29.3. The first kappa shape index (κ1) is 20.0. The average molecular weight is 405 g/mol. The number of thioether (sulfide) groups is 1. The molecule has 28 heavy (non-hydrogen) atoms. The number of aromatic nitrogens is 2. The van der Waals surface area contributed by atoms with Crippen LogP contribution in [-0.2, 0) is 11.3 Å². The monoisotopic (exact) mass is 405 g/mol. The number of fused-ring (bicyclic) bond motifs is 1. The van der Waals surface area contributed by atoms with Crippen molar-refractivity contribution in [1.29, 1.82) is 0 Å². The Balaban J connectivity index is 1.79. The molecule has 2 N–H and O–H groups in total. The molecule has 6 nitrogen and oxygen atoms in total. The third-order valence-electron chi connectivity index (χ3n) is 3.90. The van der Waals surface area contributed by atoms with E-state index in [4.69, 9.17) is 5.11 Å². The van der Waals surface area contributed by atoms with Gasteiger partial charge in [-0.1, -0.05) is 23.9 Å².